The van der Waals surface area contributed by atoms with Crippen molar-refractivity contribution in [2.75, 3.05) is 11.1 Å². The molecule has 0 unspecified atom stereocenters. The number of hydrogen-bond acceptors (Lipinski definition) is 3. The minimum absolute atomic E-state index is 0.0575. The first-order valence-electron chi connectivity index (χ1n) is 4.22. The highest BCUT2D eigenvalue weighted by molar-refractivity contribution is 6.31. The van der Waals surface area contributed by atoms with Crippen LogP contribution >= 0.6 is 11.6 Å². The number of furan rings is 1. The highest BCUT2D eigenvalue weighted by atomic mass is 35.5. The van der Waals surface area contributed by atoms with Gasteiger partial charge in [-0.1, -0.05) is 11.6 Å². The Labute approximate surface area is 90.6 Å². The van der Waals surface area contributed by atoms with Crippen LogP contribution in [0.1, 0.15) is 0 Å². The van der Waals surface area contributed by atoms with Gasteiger partial charge in [0.25, 0.3) is 0 Å². The first-order chi connectivity index (χ1) is 7.16. The molecule has 1 heterocycles. The van der Waals surface area contributed by atoms with Crippen LogP contribution in [-0.4, -0.2) is 0 Å². The van der Waals surface area contributed by atoms with E-state index in [2.05, 4.69) is 5.32 Å². The number of nitrogen functional groups attached to an aromatic ring is 1. The fourth-order valence-electron chi connectivity index (χ4n) is 1.15. The van der Waals surface area contributed by atoms with Crippen molar-refractivity contribution in [1.82, 2.24) is 0 Å². The second kappa shape index (κ2) is 3.82. The van der Waals surface area contributed by atoms with Gasteiger partial charge in [0.15, 0.2) is 0 Å². The van der Waals surface area contributed by atoms with Gasteiger partial charge in [-0.15, -0.1) is 0 Å². The zero-order valence-electron chi connectivity index (χ0n) is 7.63. The molecule has 5 heteroatoms. The Bertz CT molecular complexity index is 484. The molecule has 1 aromatic heterocycles. The van der Waals surface area contributed by atoms with Gasteiger partial charge in [0.1, 0.15) is 11.5 Å². The van der Waals surface area contributed by atoms with Crippen molar-refractivity contribution in [3.05, 3.63) is 41.4 Å². The highest BCUT2D eigenvalue weighted by Gasteiger charge is 2.04. The topological polar surface area (TPSA) is 51.2 Å². The van der Waals surface area contributed by atoms with E-state index in [0.717, 1.165) is 0 Å². The van der Waals surface area contributed by atoms with E-state index in [1.165, 1.54) is 18.4 Å². The van der Waals surface area contributed by atoms with Crippen LogP contribution in [0.4, 0.5) is 21.6 Å². The summed E-state index contributed by atoms with van der Waals surface area (Å²) in [5.41, 5.74) is 6.79. The Balaban J connectivity index is 2.25. The summed E-state index contributed by atoms with van der Waals surface area (Å²) in [4.78, 5) is 0. The van der Waals surface area contributed by atoms with Crippen LogP contribution in [0.3, 0.4) is 0 Å². The molecule has 2 rings (SSSR count). The molecular weight excluding hydrogens is 219 g/mol. The van der Waals surface area contributed by atoms with Crippen LogP contribution in [0.2, 0.25) is 5.02 Å². The average Bonchev–Trinajstić information content (AvgIpc) is 2.59. The maximum absolute atomic E-state index is 12.9. The fourth-order valence-corrected chi connectivity index (χ4v) is 1.33. The predicted molar refractivity (Wildman–Crippen MR) is 57.8 cm³/mol. The second-order valence-corrected chi connectivity index (χ2v) is 3.36. The number of benzene rings is 1. The Hall–Kier alpha value is -1.68. The lowest BCUT2D eigenvalue weighted by atomic mass is 10.3. The lowest BCUT2D eigenvalue weighted by Gasteiger charge is -2.04. The van der Waals surface area contributed by atoms with Gasteiger partial charge in [-0.2, -0.15) is 0 Å². The van der Waals surface area contributed by atoms with Gasteiger partial charge in [-0.25, -0.2) is 4.39 Å². The smallest absolute Gasteiger partial charge is 0.213 e. The number of anilines is 3. The second-order valence-electron chi connectivity index (χ2n) is 2.95. The van der Waals surface area contributed by atoms with E-state index in [9.17, 15) is 4.39 Å². The Kier molecular flexibility index (Phi) is 2.51. The molecule has 0 saturated carbocycles. The molecule has 0 radical (unpaired) electrons. The average molecular weight is 227 g/mol. The first-order valence-corrected chi connectivity index (χ1v) is 4.59. The molecular formula is C10H8ClFN2O. The molecule has 2 aromatic rings. The lowest BCUT2D eigenvalue weighted by Crippen LogP contribution is -1.93. The van der Waals surface area contributed by atoms with E-state index in [1.54, 1.807) is 12.1 Å². The van der Waals surface area contributed by atoms with Crippen LogP contribution in [0.25, 0.3) is 0 Å². The van der Waals surface area contributed by atoms with E-state index < -0.39 is 5.82 Å². The zero-order chi connectivity index (χ0) is 10.8. The third kappa shape index (κ3) is 2.05. The summed E-state index contributed by atoms with van der Waals surface area (Å²) in [5.74, 6) is -0.183. The van der Waals surface area contributed by atoms with Crippen molar-refractivity contribution < 1.29 is 8.81 Å². The van der Waals surface area contributed by atoms with Gasteiger partial charge in [0, 0.05) is 11.8 Å². The summed E-state index contributed by atoms with van der Waals surface area (Å²) in [5, 5.41) is 3.01. The van der Waals surface area contributed by atoms with Crippen LogP contribution < -0.4 is 11.1 Å². The SMILES string of the molecule is Nc1occc1Nc1ccc(F)c(Cl)c1. The third-order valence-electron chi connectivity index (χ3n) is 1.89. The van der Waals surface area contributed by atoms with Gasteiger partial charge >= 0.3 is 0 Å². The van der Waals surface area contributed by atoms with Crippen LogP contribution in [0, 0.1) is 5.82 Å². The quantitative estimate of drug-likeness (QED) is 0.825. The van der Waals surface area contributed by atoms with Crippen molar-refractivity contribution in [3.8, 4) is 0 Å². The summed E-state index contributed by atoms with van der Waals surface area (Å²) < 4.78 is 17.8. The van der Waals surface area contributed by atoms with Crippen molar-refractivity contribution in [1.29, 1.82) is 0 Å². The maximum atomic E-state index is 12.9. The predicted octanol–water partition coefficient (Wildman–Crippen LogP) is 3.40. The molecule has 0 aliphatic carbocycles. The van der Waals surface area contributed by atoms with Gasteiger partial charge < -0.3 is 15.5 Å². The number of halogens is 2. The minimum Gasteiger partial charge on any atom is -0.447 e. The maximum Gasteiger partial charge on any atom is 0.213 e. The summed E-state index contributed by atoms with van der Waals surface area (Å²) in [6.45, 7) is 0. The van der Waals surface area contributed by atoms with E-state index in [-0.39, 0.29) is 10.9 Å². The molecule has 0 saturated heterocycles. The molecule has 0 spiro atoms. The summed E-state index contributed by atoms with van der Waals surface area (Å²) in [6.07, 6.45) is 1.46. The van der Waals surface area contributed by atoms with Gasteiger partial charge in [-0.3, -0.25) is 0 Å². The molecule has 0 amide bonds. The molecule has 0 fully saturated rings. The van der Waals surface area contributed by atoms with E-state index in [1.807, 2.05) is 0 Å². The summed E-state index contributed by atoms with van der Waals surface area (Å²) in [6, 6.07) is 5.99. The molecule has 3 nitrogen and oxygen atoms in total. The van der Waals surface area contributed by atoms with Crippen LogP contribution in [0.5, 0.6) is 0 Å². The van der Waals surface area contributed by atoms with E-state index >= 15 is 0 Å². The minimum atomic E-state index is -0.456. The summed E-state index contributed by atoms with van der Waals surface area (Å²) in [7, 11) is 0. The Morgan fingerprint density at radius 2 is 2.13 bits per heavy atom. The fraction of sp³-hybridized carbons (Fsp3) is 0. The van der Waals surface area contributed by atoms with Crippen molar-refractivity contribution in [2.24, 2.45) is 0 Å². The standard InChI is InChI=1S/C10H8ClFN2O/c11-7-5-6(1-2-8(7)12)14-9-3-4-15-10(9)13/h1-5,14H,13H2. The van der Waals surface area contributed by atoms with Crippen LogP contribution in [0.15, 0.2) is 34.9 Å². The highest BCUT2D eigenvalue weighted by Crippen LogP contribution is 2.26. The molecule has 0 aliphatic heterocycles. The Morgan fingerprint density at radius 1 is 1.33 bits per heavy atom. The number of hydrogen-bond donors (Lipinski definition) is 2. The largest absolute Gasteiger partial charge is 0.447 e. The molecule has 15 heavy (non-hydrogen) atoms. The van der Waals surface area contributed by atoms with E-state index in [0.29, 0.717) is 11.4 Å². The van der Waals surface area contributed by atoms with E-state index in [4.69, 9.17) is 21.8 Å². The molecule has 0 aliphatic rings. The molecule has 0 atom stereocenters. The van der Waals surface area contributed by atoms with Crippen molar-refractivity contribution >= 4 is 28.9 Å². The number of nitrogens with two attached hydrogens (primary N) is 1. The molecule has 1 aromatic carbocycles. The lowest BCUT2D eigenvalue weighted by molar-refractivity contribution is 0.588. The number of nitrogens with one attached hydrogen (secondary N) is 1. The first kappa shape index (κ1) is 9.86. The van der Waals surface area contributed by atoms with Crippen LogP contribution in [-0.2, 0) is 0 Å². The Morgan fingerprint density at radius 3 is 2.73 bits per heavy atom. The molecule has 0 bridgehead atoms. The molecule has 3 N–H and O–H groups in total. The van der Waals surface area contributed by atoms with Gasteiger partial charge in [0.05, 0.1) is 11.3 Å². The number of rotatable bonds is 2. The van der Waals surface area contributed by atoms with Crippen molar-refractivity contribution in [2.45, 2.75) is 0 Å². The third-order valence-corrected chi connectivity index (χ3v) is 2.18. The van der Waals surface area contributed by atoms with Gasteiger partial charge in [0.2, 0.25) is 5.88 Å². The molecule has 78 valence electrons. The normalized spacial score (nSPS) is 10.3. The van der Waals surface area contributed by atoms with Crippen molar-refractivity contribution in [3.63, 3.8) is 0 Å². The zero-order valence-corrected chi connectivity index (χ0v) is 8.38. The monoisotopic (exact) mass is 226 g/mol. The summed E-state index contributed by atoms with van der Waals surface area (Å²) >= 11 is 5.62. The van der Waals surface area contributed by atoms with Gasteiger partial charge in [-0.05, 0) is 18.2 Å².